The van der Waals surface area contributed by atoms with Gasteiger partial charge in [-0.05, 0) is 217 Å². The number of carbonyl (C=O) groups is 5. The molecule has 650 valence electrons. The Labute approximate surface area is 756 Å². The van der Waals surface area contributed by atoms with Crippen molar-refractivity contribution in [1.82, 2.24) is 85.9 Å². The molecule has 0 aliphatic carbocycles. The van der Waals surface area contributed by atoms with E-state index in [1.165, 1.54) is 12.5 Å². The maximum absolute atomic E-state index is 12.8. The molecule has 0 saturated carbocycles. The number of nitrogens with two attached hydrogens (primary N) is 3. The summed E-state index contributed by atoms with van der Waals surface area (Å²) in [4.78, 5) is 92.1. The summed E-state index contributed by atoms with van der Waals surface area (Å²) >= 11 is 0. The minimum absolute atomic E-state index is 0.250. The molecule has 12 aromatic heterocycles. The zero-order chi connectivity index (χ0) is 92.5. The van der Waals surface area contributed by atoms with Crippen molar-refractivity contribution in [2.75, 3.05) is 54.8 Å². The number of pyridine rings is 7. The number of aryl methyl sites for hydroxylation is 1. The highest BCUT2D eigenvalue weighted by Gasteiger charge is 2.22. The van der Waals surface area contributed by atoms with Crippen LogP contribution < -0.4 is 48.5 Å². The number of H-pyrrole nitrogens is 5. The molecule has 0 fully saturated rings. The van der Waals surface area contributed by atoms with Gasteiger partial charge in [-0.15, -0.1) is 0 Å². The predicted octanol–water partition coefficient (Wildman–Crippen LogP) is 16.6. The van der Waals surface area contributed by atoms with Crippen molar-refractivity contribution in [3.8, 4) is 67.8 Å². The number of hydrogen-bond acceptors (Lipinski definition) is 23. The standard InChI is InChI=1S/C20H19N7O2S.C20H14N6O.C20H13N5O.2C19H15N5O/c1-30(2,29)27-18-6-4-15(11-23-18)24-20(28)19-16-8-12(3-5-17(16)25-26-19)13-7-14(21)10-22-9-13;21-9-12-1-4-16(5-2-12)24-20(27)19-17-8-13(3-6-18(17)25-26-19)14-7-15(22)11-23-10-14;21-11-13-3-6-16(7-4-13)23-20(26)19-17-10-14(5-8-18(17)24-25-19)15-2-1-9-22-12-15;1-12-4-6-15(11-21-12)22-19(25)18-16-9-13(5-7-17(16)23-24-18)14-3-2-8-20-10-14;20-14-8-13(10-21-11-14)12-6-7-17-16(9-12)18(24-23-17)19(25)22-15-4-2-1-3-5-15/h3-11H,1,21H2,2H3,(H,24,28)(H,25,26)(H,23,27,29);1-8,10-11H,22H2,(H,24,27)(H,25,26);1-10,12H,(H,23,26)(H,24,25);2-11H,1H3,(H,22,25)(H,23,24);1-11H,20H2,(H,22,25)(H,23,24). The second-order valence-electron chi connectivity index (χ2n) is 29.9. The molecule has 20 aromatic rings. The molecule has 1 unspecified atom stereocenters. The van der Waals surface area contributed by atoms with Crippen LogP contribution in [0, 0.1) is 29.6 Å². The highest BCUT2D eigenvalue weighted by atomic mass is 32.2. The van der Waals surface area contributed by atoms with Gasteiger partial charge >= 0.3 is 0 Å². The molecule has 17 N–H and O–H groups in total. The highest BCUT2D eigenvalue weighted by Crippen LogP contribution is 2.33. The molecule has 133 heavy (non-hydrogen) atoms. The van der Waals surface area contributed by atoms with Crippen molar-refractivity contribution < 1.29 is 28.2 Å². The Kier molecular flexibility index (Phi) is 25.9. The molecule has 34 nitrogen and oxygen atoms in total. The largest absolute Gasteiger partial charge is 0.397 e. The van der Waals surface area contributed by atoms with E-state index >= 15 is 0 Å². The van der Waals surface area contributed by atoms with Crippen LogP contribution in [0.4, 0.5) is 51.3 Å². The van der Waals surface area contributed by atoms with E-state index in [0.29, 0.717) is 84.6 Å². The Morgan fingerprint density at radius 1 is 0.323 bits per heavy atom. The minimum Gasteiger partial charge on any atom is -0.397 e. The van der Waals surface area contributed by atoms with Crippen molar-refractivity contribution in [2.45, 2.75) is 6.92 Å². The first-order chi connectivity index (χ1) is 64.6. The number of para-hydroxylation sites is 1. The Bertz CT molecular complexity index is 7920. The van der Waals surface area contributed by atoms with Gasteiger partial charge in [0, 0.05) is 155 Å². The van der Waals surface area contributed by atoms with Crippen molar-refractivity contribution in [2.24, 2.45) is 0 Å². The van der Waals surface area contributed by atoms with Crippen LogP contribution in [0.3, 0.4) is 0 Å². The van der Waals surface area contributed by atoms with Gasteiger partial charge < -0.3 is 43.8 Å². The Morgan fingerprint density at radius 3 is 0.910 bits per heavy atom. The Hall–Kier alpha value is -19.3. The maximum Gasteiger partial charge on any atom is 0.276 e. The number of carbonyl (C=O) groups excluding carboxylic acids is 5. The lowest BCUT2D eigenvalue weighted by Gasteiger charge is -2.08. The van der Waals surface area contributed by atoms with Gasteiger partial charge in [-0.3, -0.25) is 84.1 Å². The van der Waals surface area contributed by atoms with E-state index in [1.54, 1.807) is 129 Å². The number of nitrogens with zero attached hydrogens (tertiary/aromatic N) is 14. The monoisotopic (exact) mass is 1770 g/mol. The SMILES string of the molecule is C=S(C)(=O)Nc1ccc(NC(=O)c2n[nH]c3ccc(-c4cncc(N)c4)cc23)cn1.Cc1ccc(NC(=O)c2n[nH]c3ccc(-c4cccnc4)cc23)cn1.N#Cc1ccc(NC(=O)c2n[nH]c3ccc(-c4cccnc4)cc23)cc1.N#Cc1ccc(NC(=O)c2n[nH]c3ccc(-c4cncc(N)c4)cc23)cc1.Nc1cncc(-c2ccc3[nH]nc(C(=O)Nc4ccccc4)c3c2)c1. The molecule has 0 aliphatic rings. The van der Waals surface area contributed by atoms with Gasteiger partial charge in [0.2, 0.25) is 0 Å². The average molecular weight is 1770 g/mol. The molecule has 8 aromatic carbocycles. The van der Waals surface area contributed by atoms with Gasteiger partial charge in [-0.2, -0.15) is 36.0 Å². The molecule has 0 saturated heterocycles. The number of aromatic nitrogens is 17. The molecular formula is C98H76N28O6S. The van der Waals surface area contributed by atoms with Crippen molar-refractivity contribution >= 4 is 151 Å². The van der Waals surface area contributed by atoms with Crippen LogP contribution in [-0.4, -0.2) is 132 Å². The molecule has 12 heterocycles. The van der Waals surface area contributed by atoms with E-state index in [4.69, 9.17) is 27.7 Å². The fraction of sp³-hybridized carbons (Fsp3) is 0.0204. The van der Waals surface area contributed by atoms with Gasteiger partial charge in [0.25, 0.3) is 29.5 Å². The number of amides is 5. The van der Waals surface area contributed by atoms with Crippen LogP contribution in [0.25, 0.3) is 110 Å². The summed E-state index contributed by atoms with van der Waals surface area (Å²) in [6.45, 7) is 1.90. The summed E-state index contributed by atoms with van der Waals surface area (Å²) in [5.74, 6) is 2.34. The first kappa shape index (κ1) is 87.2. The predicted molar refractivity (Wildman–Crippen MR) is 516 cm³/mol. The fourth-order valence-electron chi connectivity index (χ4n) is 13.8. The molecule has 0 spiro atoms. The van der Waals surface area contributed by atoms with E-state index in [2.05, 4.69) is 123 Å². The normalized spacial score (nSPS) is 11.1. The summed E-state index contributed by atoms with van der Waals surface area (Å²) in [7, 11) is -2.43. The minimum atomic E-state index is -2.43. The summed E-state index contributed by atoms with van der Waals surface area (Å²) in [5.41, 5.74) is 38.7. The molecule has 0 bridgehead atoms. The number of aromatic amines is 5. The topological polar surface area (TPSA) is 534 Å². The van der Waals surface area contributed by atoms with E-state index in [-0.39, 0.29) is 40.9 Å². The zero-order valence-corrected chi connectivity index (χ0v) is 71.3. The fourth-order valence-corrected chi connectivity index (χ4v) is 14.3. The highest BCUT2D eigenvalue weighted by molar-refractivity contribution is 8.00. The average Bonchev–Trinajstić information content (AvgIpc) is 1.68. The first-order valence-electron chi connectivity index (χ1n) is 40.5. The third-order valence-corrected chi connectivity index (χ3v) is 20.9. The van der Waals surface area contributed by atoms with Gasteiger partial charge in [0.1, 0.15) is 5.82 Å². The second-order valence-corrected chi connectivity index (χ2v) is 32.1. The van der Waals surface area contributed by atoms with Crippen molar-refractivity contribution in [1.29, 1.82) is 10.5 Å². The molecule has 20 rings (SSSR count). The molecule has 0 aliphatic heterocycles. The number of benzene rings is 8. The molecule has 1 atom stereocenters. The van der Waals surface area contributed by atoms with E-state index in [0.717, 1.165) is 111 Å². The lowest BCUT2D eigenvalue weighted by molar-refractivity contribution is 0.101. The van der Waals surface area contributed by atoms with Crippen LogP contribution in [0.1, 0.15) is 69.3 Å². The second kappa shape index (κ2) is 39.5. The van der Waals surface area contributed by atoms with Crippen LogP contribution >= 0.6 is 0 Å². The van der Waals surface area contributed by atoms with Crippen LogP contribution in [0.5, 0.6) is 0 Å². The summed E-state index contributed by atoms with van der Waals surface area (Å²) in [6.07, 6.45) is 21.5. The van der Waals surface area contributed by atoms with Crippen molar-refractivity contribution in [3.05, 3.63) is 356 Å². The van der Waals surface area contributed by atoms with Crippen LogP contribution in [0.2, 0.25) is 0 Å². The van der Waals surface area contributed by atoms with E-state index in [9.17, 15) is 28.2 Å². The smallest absolute Gasteiger partial charge is 0.276 e. The summed E-state index contributed by atoms with van der Waals surface area (Å²) < 4.78 is 14.4. The van der Waals surface area contributed by atoms with Gasteiger partial charge in [-0.1, -0.05) is 60.7 Å². The van der Waals surface area contributed by atoms with Gasteiger partial charge in [-0.25, -0.2) is 9.19 Å². The Morgan fingerprint density at radius 2 is 0.624 bits per heavy atom. The number of nitrogen functional groups attached to an aromatic ring is 3. The third kappa shape index (κ3) is 21.5. The van der Waals surface area contributed by atoms with Crippen molar-refractivity contribution in [3.63, 3.8) is 0 Å². The van der Waals surface area contributed by atoms with Gasteiger partial charge in [0.15, 0.2) is 28.5 Å². The zero-order valence-electron chi connectivity index (χ0n) is 70.5. The Balaban J connectivity index is 0.000000121. The van der Waals surface area contributed by atoms with Gasteiger partial charge in [0.05, 0.1) is 91.7 Å². The number of nitrogens with one attached hydrogen (secondary N) is 11. The number of hydrogen-bond donors (Lipinski definition) is 14. The third-order valence-electron chi connectivity index (χ3n) is 20.2. The molecular weight excluding hydrogens is 1700 g/mol. The summed E-state index contributed by atoms with van der Waals surface area (Å²) in [5, 5.41) is 70.5. The number of rotatable bonds is 17. The number of anilines is 9. The van der Waals surface area contributed by atoms with E-state index < -0.39 is 9.71 Å². The molecule has 5 amide bonds. The number of nitriles is 2. The van der Waals surface area contributed by atoms with E-state index in [1.807, 2.05) is 195 Å². The quantitative estimate of drug-likeness (QED) is 0.0377. The molecule has 0 radical (unpaired) electrons. The van der Waals surface area contributed by atoms with Crippen LogP contribution in [-0.2, 0) is 9.71 Å². The number of fused-ring (bicyclic) bond motifs is 5. The molecule has 35 heteroatoms. The van der Waals surface area contributed by atoms with Crippen LogP contribution in [0.15, 0.2) is 311 Å². The maximum atomic E-state index is 12.8. The lowest BCUT2D eigenvalue weighted by Crippen LogP contribution is -2.14. The summed E-state index contributed by atoms with van der Waals surface area (Å²) in [6, 6.07) is 75.4. The first-order valence-corrected chi connectivity index (χ1v) is 42.7. The lowest BCUT2D eigenvalue weighted by atomic mass is 10.0.